The fourth-order valence-electron chi connectivity index (χ4n) is 3.89. The Hall–Kier alpha value is -0.580. The van der Waals surface area contributed by atoms with E-state index in [0.29, 0.717) is 0 Å². The van der Waals surface area contributed by atoms with E-state index < -0.39 is 0 Å². The number of halogens is 1. The predicted octanol–water partition coefficient (Wildman–Crippen LogP) is 4.84. The van der Waals surface area contributed by atoms with E-state index in [1.807, 2.05) is 24.3 Å². The molecule has 2 saturated carbocycles. The van der Waals surface area contributed by atoms with Crippen LogP contribution in [0.4, 0.5) is 5.69 Å². The van der Waals surface area contributed by atoms with Crippen LogP contribution in [-0.2, 0) is 4.79 Å². The monoisotopic (exact) mass is 383 g/mol. The Balaban J connectivity index is 1.58. The van der Waals surface area contributed by atoms with Crippen molar-refractivity contribution < 1.29 is 4.79 Å². The molecule has 1 N–H and O–H groups in total. The van der Waals surface area contributed by atoms with Gasteiger partial charge in [0.25, 0.3) is 0 Å². The number of carbonyl (C=O) groups is 1. The summed E-state index contributed by atoms with van der Waals surface area (Å²) in [7, 11) is 0. The molecule has 0 bridgehead atoms. The van der Waals surface area contributed by atoms with Crippen molar-refractivity contribution in [3.63, 3.8) is 0 Å². The number of nitrogens with one attached hydrogen (secondary N) is 1. The van der Waals surface area contributed by atoms with Crippen molar-refractivity contribution in [2.45, 2.75) is 44.9 Å². The van der Waals surface area contributed by atoms with Gasteiger partial charge in [0.15, 0.2) is 0 Å². The summed E-state index contributed by atoms with van der Waals surface area (Å²) in [6.07, 6.45) is 8.97. The highest BCUT2D eigenvalue weighted by Gasteiger charge is 2.34. The zero-order chi connectivity index (χ0) is 13.9. The van der Waals surface area contributed by atoms with Crippen LogP contribution in [0.1, 0.15) is 44.9 Å². The number of rotatable bonds is 2. The standard InChI is InChI=1S/C17H22INO/c18-15-7-9-16(10-8-15)19-17(20)14-6-5-12-3-1-2-4-13(12)11-14/h7-10,12-14H,1-6,11H2,(H,19,20). The molecule has 2 fully saturated rings. The van der Waals surface area contributed by atoms with E-state index in [9.17, 15) is 4.79 Å². The molecule has 0 spiro atoms. The summed E-state index contributed by atoms with van der Waals surface area (Å²) >= 11 is 2.28. The molecule has 1 aromatic carbocycles. The van der Waals surface area contributed by atoms with Crippen molar-refractivity contribution >= 4 is 34.2 Å². The average molecular weight is 383 g/mol. The Labute approximate surface area is 134 Å². The second-order valence-electron chi connectivity index (χ2n) is 6.31. The van der Waals surface area contributed by atoms with Crippen molar-refractivity contribution in [2.75, 3.05) is 5.32 Å². The molecule has 1 aromatic rings. The summed E-state index contributed by atoms with van der Waals surface area (Å²) in [5.74, 6) is 2.18. The zero-order valence-corrected chi connectivity index (χ0v) is 13.9. The molecule has 0 saturated heterocycles. The van der Waals surface area contributed by atoms with Gasteiger partial charge in [0.05, 0.1) is 0 Å². The molecule has 2 aliphatic rings. The molecule has 0 aliphatic heterocycles. The van der Waals surface area contributed by atoms with Gasteiger partial charge in [0.2, 0.25) is 5.91 Å². The van der Waals surface area contributed by atoms with Crippen LogP contribution in [0.2, 0.25) is 0 Å². The maximum absolute atomic E-state index is 12.4. The minimum atomic E-state index is 0.230. The van der Waals surface area contributed by atoms with Crippen LogP contribution in [0.5, 0.6) is 0 Å². The Morgan fingerprint density at radius 1 is 1.00 bits per heavy atom. The molecule has 108 valence electrons. The van der Waals surface area contributed by atoms with Crippen molar-refractivity contribution in [3.05, 3.63) is 27.8 Å². The van der Waals surface area contributed by atoms with Crippen LogP contribution in [-0.4, -0.2) is 5.91 Å². The van der Waals surface area contributed by atoms with Gasteiger partial charge in [-0.05, 0) is 78.0 Å². The third kappa shape index (κ3) is 3.35. The van der Waals surface area contributed by atoms with E-state index in [4.69, 9.17) is 0 Å². The van der Waals surface area contributed by atoms with Gasteiger partial charge in [-0.25, -0.2) is 0 Å². The molecule has 2 nitrogen and oxygen atoms in total. The lowest BCUT2D eigenvalue weighted by Gasteiger charge is -2.38. The maximum atomic E-state index is 12.4. The van der Waals surface area contributed by atoms with E-state index in [1.54, 1.807) is 0 Å². The minimum Gasteiger partial charge on any atom is -0.326 e. The first-order valence-corrected chi connectivity index (χ1v) is 8.86. The molecule has 2 aliphatic carbocycles. The SMILES string of the molecule is O=C(Nc1ccc(I)cc1)C1CCC2CCCCC2C1. The van der Waals surface area contributed by atoms with Gasteiger partial charge in [-0.1, -0.05) is 25.7 Å². The number of amides is 1. The summed E-state index contributed by atoms with van der Waals surface area (Å²) in [5.41, 5.74) is 0.932. The largest absolute Gasteiger partial charge is 0.326 e. The molecular formula is C17H22INO. The summed E-state index contributed by atoms with van der Waals surface area (Å²) in [6, 6.07) is 8.06. The van der Waals surface area contributed by atoms with Gasteiger partial charge in [-0.3, -0.25) is 4.79 Å². The molecule has 0 aromatic heterocycles. The molecular weight excluding hydrogens is 361 g/mol. The Bertz CT molecular complexity index is 470. The molecule has 1 amide bonds. The number of carbonyl (C=O) groups excluding carboxylic acids is 1. The van der Waals surface area contributed by atoms with Gasteiger partial charge in [-0.15, -0.1) is 0 Å². The summed E-state index contributed by atoms with van der Waals surface area (Å²) in [6.45, 7) is 0. The van der Waals surface area contributed by atoms with E-state index in [2.05, 4.69) is 27.9 Å². The Morgan fingerprint density at radius 3 is 2.45 bits per heavy atom. The smallest absolute Gasteiger partial charge is 0.227 e. The minimum absolute atomic E-state index is 0.230. The second kappa shape index (κ2) is 6.46. The van der Waals surface area contributed by atoms with Crippen molar-refractivity contribution in [2.24, 2.45) is 17.8 Å². The summed E-state index contributed by atoms with van der Waals surface area (Å²) < 4.78 is 1.20. The Morgan fingerprint density at radius 2 is 1.70 bits per heavy atom. The molecule has 0 heterocycles. The van der Waals surface area contributed by atoms with Gasteiger partial charge >= 0.3 is 0 Å². The molecule has 3 heteroatoms. The Kier molecular flexibility index (Phi) is 4.64. The number of hydrogen-bond acceptors (Lipinski definition) is 1. The van der Waals surface area contributed by atoms with Gasteiger partial charge in [-0.2, -0.15) is 0 Å². The third-order valence-corrected chi connectivity index (χ3v) is 5.74. The van der Waals surface area contributed by atoms with Crippen LogP contribution in [0.15, 0.2) is 24.3 Å². The lowest BCUT2D eigenvalue weighted by atomic mass is 9.67. The van der Waals surface area contributed by atoms with Gasteiger partial charge < -0.3 is 5.32 Å². The van der Waals surface area contributed by atoms with Gasteiger partial charge in [0.1, 0.15) is 0 Å². The van der Waals surface area contributed by atoms with E-state index in [1.165, 1.54) is 35.7 Å². The topological polar surface area (TPSA) is 29.1 Å². The normalized spacial score (nSPS) is 29.6. The van der Waals surface area contributed by atoms with Crippen molar-refractivity contribution in [1.82, 2.24) is 0 Å². The second-order valence-corrected chi connectivity index (χ2v) is 7.56. The van der Waals surface area contributed by atoms with E-state index in [-0.39, 0.29) is 11.8 Å². The predicted molar refractivity (Wildman–Crippen MR) is 90.6 cm³/mol. The quantitative estimate of drug-likeness (QED) is 0.728. The maximum Gasteiger partial charge on any atom is 0.227 e. The third-order valence-electron chi connectivity index (χ3n) is 5.02. The highest BCUT2D eigenvalue weighted by molar-refractivity contribution is 14.1. The first-order valence-electron chi connectivity index (χ1n) is 7.79. The lowest BCUT2D eigenvalue weighted by molar-refractivity contribution is -0.122. The molecule has 3 atom stereocenters. The fourth-order valence-corrected chi connectivity index (χ4v) is 4.25. The highest BCUT2D eigenvalue weighted by atomic mass is 127. The van der Waals surface area contributed by atoms with Crippen molar-refractivity contribution in [3.8, 4) is 0 Å². The van der Waals surface area contributed by atoms with Crippen LogP contribution in [0.3, 0.4) is 0 Å². The van der Waals surface area contributed by atoms with Crippen LogP contribution in [0, 0.1) is 21.3 Å². The number of anilines is 1. The average Bonchev–Trinajstić information content (AvgIpc) is 2.49. The van der Waals surface area contributed by atoms with Crippen LogP contribution < -0.4 is 5.32 Å². The van der Waals surface area contributed by atoms with Crippen LogP contribution >= 0.6 is 22.6 Å². The summed E-state index contributed by atoms with van der Waals surface area (Å²) in [4.78, 5) is 12.4. The molecule has 20 heavy (non-hydrogen) atoms. The molecule has 3 rings (SSSR count). The first-order chi connectivity index (χ1) is 9.72. The fraction of sp³-hybridized carbons (Fsp3) is 0.588. The van der Waals surface area contributed by atoms with Crippen LogP contribution in [0.25, 0.3) is 0 Å². The molecule has 0 radical (unpaired) electrons. The summed E-state index contributed by atoms with van der Waals surface area (Å²) in [5, 5.41) is 3.09. The number of fused-ring (bicyclic) bond motifs is 1. The van der Waals surface area contributed by atoms with E-state index in [0.717, 1.165) is 30.4 Å². The van der Waals surface area contributed by atoms with Crippen molar-refractivity contribution in [1.29, 1.82) is 0 Å². The number of hydrogen-bond donors (Lipinski definition) is 1. The van der Waals surface area contributed by atoms with E-state index >= 15 is 0 Å². The van der Waals surface area contributed by atoms with Gasteiger partial charge in [0, 0.05) is 15.2 Å². The molecule has 3 unspecified atom stereocenters. The number of benzene rings is 1. The highest BCUT2D eigenvalue weighted by Crippen LogP contribution is 2.42. The first kappa shape index (κ1) is 14.4. The lowest BCUT2D eigenvalue weighted by Crippen LogP contribution is -2.33. The zero-order valence-electron chi connectivity index (χ0n) is 11.8.